The summed E-state index contributed by atoms with van der Waals surface area (Å²) in [6.07, 6.45) is 0. The summed E-state index contributed by atoms with van der Waals surface area (Å²) >= 11 is 0. The van der Waals surface area contributed by atoms with Crippen LogP contribution in [0, 0.1) is 5.82 Å². The average Bonchev–Trinajstić information content (AvgIpc) is 2.74. The van der Waals surface area contributed by atoms with Crippen molar-refractivity contribution < 1.29 is 14.3 Å². The molecule has 0 saturated carbocycles. The smallest absolute Gasteiger partial charge is 0.358 e. The number of carboxylic acids is 1. The fraction of sp³-hybridized carbons (Fsp3) is 0.308. The zero-order chi connectivity index (χ0) is 14.2. The minimum Gasteiger partial charge on any atom is -0.476 e. The van der Waals surface area contributed by atoms with Crippen molar-refractivity contribution in [2.45, 2.75) is 26.3 Å². The first-order valence-corrected chi connectivity index (χ1v) is 5.76. The SMILES string of the molecule is CC(C)(C)n1nnc(C(=O)O)c1-c1ccc(F)cc1. The van der Waals surface area contributed by atoms with Crippen LogP contribution < -0.4 is 0 Å². The monoisotopic (exact) mass is 263 g/mol. The molecule has 5 nitrogen and oxygen atoms in total. The molecule has 2 rings (SSSR count). The fourth-order valence-corrected chi connectivity index (χ4v) is 1.76. The van der Waals surface area contributed by atoms with Gasteiger partial charge in [-0.15, -0.1) is 5.10 Å². The lowest BCUT2D eigenvalue weighted by Crippen LogP contribution is -2.24. The molecule has 6 heteroatoms. The second-order valence-corrected chi connectivity index (χ2v) is 5.18. The molecule has 1 N–H and O–H groups in total. The average molecular weight is 263 g/mol. The molecule has 0 bridgehead atoms. The molecular formula is C13H14FN3O2. The van der Waals surface area contributed by atoms with E-state index in [4.69, 9.17) is 0 Å². The van der Waals surface area contributed by atoms with Gasteiger partial charge >= 0.3 is 5.97 Å². The molecule has 0 amide bonds. The van der Waals surface area contributed by atoms with Crippen molar-refractivity contribution in [3.63, 3.8) is 0 Å². The standard InChI is InChI=1S/C13H14FN3O2/c1-13(2,3)17-11(10(12(18)19)15-16-17)8-4-6-9(14)7-5-8/h4-7H,1-3H3,(H,18,19). The number of carboxylic acid groups (broad SMARTS) is 1. The van der Waals surface area contributed by atoms with Crippen molar-refractivity contribution in [2.75, 3.05) is 0 Å². The van der Waals surface area contributed by atoms with Crippen LogP contribution in [0.2, 0.25) is 0 Å². The van der Waals surface area contributed by atoms with E-state index in [1.54, 1.807) is 0 Å². The van der Waals surface area contributed by atoms with Gasteiger partial charge in [0.2, 0.25) is 0 Å². The Labute approximate surface area is 109 Å². The first-order valence-electron chi connectivity index (χ1n) is 5.76. The number of aromatic nitrogens is 3. The number of benzene rings is 1. The number of aromatic carboxylic acids is 1. The molecule has 0 saturated heterocycles. The Morgan fingerprint density at radius 3 is 2.32 bits per heavy atom. The first kappa shape index (κ1) is 13.2. The number of halogens is 1. The molecule has 1 aromatic heterocycles. The van der Waals surface area contributed by atoms with Crippen molar-refractivity contribution in [1.82, 2.24) is 15.0 Å². The highest BCUT2D eigenvalue weighted by Gasteiger charge is 2.26. The van der Waals surface area contributed by atoms with Crippen LogP contribution in [-0.2, 0) is 5.54 Å². The summed E-state index contributed by atoms with van der Waals surface area (Å²) in [5.41, 5.74) is 0.380. The molecule has 0 aliphatic rings. The van der Waals surface area contributed by atoms with Gasteiger partial charge in [-0.05, 0) is 45.0 Å². The summed E-state index contributed by atoms with van der Waals surface area (Å²) in [6.45, 7) is 5.67. The van der Waals surface area contributed by atoms with Gasteiger partial charge in [-0.3, -0.25) is 0 Å². The van der Waals surface area contributed by atoms with Gasteiger partial charge < -0.3 is 5.11 Å². The maximum atomic E-state index is 13.0. The molecule has 19 heavy (non-hydrogen) atoms. The molecule has 0 fully saturated rings. The van der Waals surface area contributed by atoms with Gasteiger partial charge in [0.05, 0.1) is 5.54 Å². The Hall–Kier alpha value is -2.24. The zero-order valence-electron chi connectivity index (χ0n) is 10.9. The number of hydrogen-bond donors (Lipinski definition) is 1. The lowest BCUT2D eigenvalue weighted by Gasteiger charge is -2.21. The zero-order valence-corrected chi connectivity index (χ0v) is 10.9. The van der Waals surface area contributed by atoms with E-state index in [2.05, 4.69) is 10.3 Å². The van der Waals surface area contributed by atoms with Crippen molar-refractivity contribution in [3.8, 4) is 11.3 Å². The predicted molar refractivity (Wildman–Crippen MR) is 67.4 cm³/mol. The maximum absolute atomic E-state index is 13.0. The molecule has 1 aromatic carbocycles. The molecule has 0 radical (unpaired) electrons. The summed E-state index contributed by atoms with van der Waals surface area (Å²) < 4.78 is 14.5. The molecule has 2 aromatic rings. The Morgan fingerprint density at radius 1 is 1.26 bits per heavy atom. The molecule has 0 atom stereocenters. The lowest BCUT2D eigenvalue weighted by atomic mass is 10.1. The molecule has 1 heterocycles. The fourth-order valence-electron chi connectivity index (χ4n) is 1.76. The molecule has 0 spiro atoms. The maximum Gasteiger partial charge on any atom is 0.358 e. The van der Waals surface area contributed by atoms with Crippen LogP contribution in [0.5, 0.6) is 0 Å². The Balaban J connectivity index is 2.68. The van der Waals surface area contributed by atoms with Gasteiger partial charge in [-0.1, -0.05) is 5.21 Å². The predicted octanol–water partition coefficient (Wildman–Crippen LogP) is 2.54. The quantitative estimate of drug-likeness (QED) is 0.904. The largest absolute Gasteiger partial charge is 0.476 e. The van der Waals surface area contributed by atoms with E-state index >= 15 is 0 Å². The second kappa shape index (κ2) is 4.46. The van der Waals surface area contributed by atoms with Gasteiger partial charge in [0, 0.05) is 5.56 Å². The molecular weight excluding hydrogens is 249 g/mol. The lowest BCUT2D eigenvalue weighted by molar-refractivity contribution is 0.0691. The Bertz CT molecular complexity index is 612. The van der Waals surface area contributed by atoms with E-state index in [0.29, 0.717) is 11.3 Å². The first-order chi connectivity index (χ1) is 8.80. The molecule has 0 aliphatic carbocycles. The molecule has 0 unspecified atom stereocenters. The van der Waals surface area contributed by atoms with Crippen LogP contribution in [0.4, 0.5) is 4.39 Å². The van der Waals surface area contributed by atoms with Gasteiger partial charge in [-0.2, -0.15) is 0 Å². The van der Waals surface area contributed by atoms with Crippen molar-refractivity contribution in [3.05, 3.63) is 35.8 Å². The molecule has 0 aliphatic heterocycles. The summed E-state index contributed by atoms with van der Waals surface area (Å²) in [6, 6.07) is 5.59. The van der Waals surface area contributed by atoms with Crippen LogP contribution in [0.15, 0.2) is 24.3 Å². The molecule has 100 valence electrons. The number of rotatable bonds is 2. The summed E-state index contributed by atoms with van der Waals surface area (Å²) in [5.74, 6) is -1.54. The Morgan fingerprint density at radius 2 is 1.84 bits per heavy atom. The van der Waals surface area contributed by atoms with Gasteiger partial charge in [0.1, 0.15) is 11.5 Å². The van der Waals surface area contributed by atoms with Gasteiger partial charge in [-0.25, -0.2) is 13.9 Å². The third-order valence-electron chi connectivity index (χ3n) is 2.63. The van der Waals surface area contributed by atoms with Gasteiger partial charge in [0.15, 0.2) is 5.69 Å². The normalized spacial score (nSPS) is 11.6. The van der Waals surface area contributed by atoms with Crippen molar-refractivity contribution in [2.24, 2.45) is 0 Å². The minimum atomic E-state index is -1.16. The van der Waals surface area contributed by atoms with E-state index in [9.17, 15) is 14.3 Å². The van der Waals surface area contributed by atoms with Crippen molar-refractivity contribution >= 4 is 5.97 Å². The van der Waals surface area contributed by atoms with E-state index in [1.807, 2.05) is 20.8 Å². The third kappa shape index (κ3) is 2.47. The van der Waals surface area contributed by atoms with E-state index in [1.165, 1.54) is 28.9 Å². The highest BCUT2D eigenvalue weighted by atomic mass is 19.1. The third-order valence-corrected chi connectivity index (χ3v) is 2.63. The highest BCUT2D eigenvalue weighted by Crippen LogP contribution is 2.27. The van der Waals surface area contributed by atoms with Gasteiger partial charge in [0.25, 0.3) is 0 Å². The number of carbonyl (C=O) groups is 1. The van der Waals surface area contributed by atoms with Crippen LogP contribution in [0.3, 0.4) is 0 Å². The van der Waals surface area contributed by atoms with Crippen LogP contribution in [0.1, 0.15) is 31.3 Å². The minimum absolute atomic E-state index is 0.137. The second-order valence-electron chi connectivity index (χ2n) is 5.18. The van der Waals surface area contributed by atoms with Crippen molar-refractivity contribution in [1.29, 1.82) is 0 Å². The van der Waals surface area contributed by atoms with Crippen LogP contribution in [-0.4, -0.2) is 26.1 Å². The number of hydrogen-bond acceptors (Lipinski definition) is 3. The summed E-state index contributed by atoms with van der Waals surface area (Å²) in [5, 5.41) is 16.8. The van der Waals surface area contributed by atoms with Crippen LogP contribution in [0.25, 0.3) is 11.3 Å². The highest BCUT2D eigenvalue weighted by molar-refractivity contribution is 5.92. The van der Waals surface area contributed by atoms with Crippen LogP contribution >= 0.6 is 0 Å². The number of nitrogens with zero attached hydrogens (tertiary/aromatic N) is 3. The Kier molecular flexibility index (Phi) is 3.09. The topological polar surface area (TPSA) is 68.0 Å². The van der Waals surface area contributed by atoms with E-state index in [0.717, 1.165) is 0 Å². The summed E-state index contributed by atoms with van der Waals surface area (Å²) in [4.78, 5) is 11.2. The van der Waals surface area contributed by atoms with E-state index in [-0.39, 0.29) is 11.5 Å². The van der Waals surface area contributed by atoms with E-state index < -0.39 is 11.5 Å². The summed E-state index contributed by atoms with van der Waals surface area (Å²) in [7, 11) is 0.